The fourth-order valence-corrected chi connectivity index (χ4v) is 8.73. The van der Waals surface area contributed by atoms with Crippen LogP contribution >= 0.6 is 23.5 Å². The van der Waals surface area contributed by atoms with Crippen LogP contribution in [0.2, 0.25) is 0 Å². The number of nitrogens with one attached hydrogen (secondary N) is 4. The predicted octanol–water partition coefficient (Wildman–Crippen LogP) is 6.17. The summed E-state index contributed by atoms with van der Waals surface area (Å²) < 4.78 is 0. The largest absolute Gasteiger partial charge is 0.340 e. The quantitative estimate of drug-likeness (QED) is 0.249. The van der Waals surface area contributed by atoms with E-state index in [0.717, 1.165) is 41.9 Å². The number of imidazole rings is 2. The molecule has 8 rings (SSSR count). The van der Waals surface area contributed by atoms with E-state index in [4.69, 9.17) is 4.98 Å². The molecule has 188 valence electrons. The summed E-state index contributed by atoms with van der Waals surface area (Å²) in [6.45, 7) is 2.10. The Hall–Kier alpha value is -2.52. The van der Waals surface area contributed by atoms with E-state index in [1.54, 1.807) is 11.1 Å². The third-order valence-corrected chi connectivity index (χ3v) is 10.8. The van der Waals surface area contributed by atoms with Crippen molar-refractivity contribution in [1.82, 2.24) is 30.6 Å². The molecule has 4 heterocycles. The number of fused-ring (bicyclic) bond motifs is 5. The maximum Gasteiger partial charge on any atom is 0.134 e. The van der Waals surface area contributed by atoms with Gasteiger partial charge in [0.1, 0.15) is 22.4 Å². The normalized spacial score (nSPS) is 26.3. The van der Waals surface area contributed by atoms with Crippen molar-refractivity contribution >= 4 is 23.5 Å². The van der Waals surface area contributed by atoms with Crippen LogP contribution in [-0.2, 0) is 0 Å². The molecule has 0 spiro atoms. The molecule has 4 aliphatic rings. The van der Waals surface area contributed by atoms with Gasteiger partial charge in [0.15, 0.2) is 0 Å². The highest BCUT2D eigenvalue weighted by molar-refractivity contribution is 7.99. The first-order valence-electron chi connectivity index (χ1n) is 13.4. The molecule has 2 aromatic carbocycles. The summed E-state index contributed by atoms with van der Waals surface area (Å²) in [4.78, 5) is 16.6. The molecule has 4 N–H and O–H groups in total. The molecular formula is C29H30N6S2. The second kappa shape index (κ2) is 9.05. The average Bonchev–Trinajstić information content (AvgIpc) is 3.79. The molecule has 2 aromatic heterocycles. The number of aromatic amines is 2. The van der Waals surface area contributed by atoms with Crippen LogP contribution in [0.1, 0.15) is 64.6 Å². The number of hydrogen-bond acceptors (Lipinski definition) is 6. The molecule has 1 saturated carbocycles. The minimum Gasteiger partial charge on any atom is -0.340 e. The lowest BCUT2D eigenvalue weighted by atomic mass is 9.82. The van der Waals surface area contributed by atoms with Crippen LogP contribution in [0.3, 0.4) is 0 Å². The van der Waals surface area contributed by atoms with E-state index in [1.165, 1.54) is 47.2 Å². The maximum atomic E-state index is 4.76. The van der Waals surface area contributed by atoms with Crippen LogP contribution in [0, 0.1) is 0 Å². The smallest absolute Gasteiger partial charge is 0.134 e. The molecule has 8 heteroatoms. The molecule has 3 fully saturated rings. The van der Waals surface area contributed by atoms with Crippen molar-refractivity contribution in [2.75, 3.05) is 24.6 Å². The van der Waals surface area contributed by atoms with Crippen LogP contribution in [0.15, 0.2) is 48.8 Å². The third kappa shape index (κ3) is 3.80. The van der Waals surface area contributed by atoms with Gasteiger partial charge in [0.05, 0.1) is 23.8 Å². The van der Waals surface area contributed by atoms with Gasteiger partial charge in [-0.05, 0) is 58.9 Å². The van der Waals surface area contributed by atoms with Gasteiger partial charge < -0.3 is 9.97 Å². The Morgan fingerprint density at radius 1 is 0.649 bits per heavy atom. The van der Waals surface area contributed by atoms with Gasteiger partial charge >= 0.3 is 0 Å². The summed E-state index contributed by atoms with van der Waals surface area (Å²) in [5, 5.41) is 7.60. The summed E-state index contributed by atoms with van der Waals surface area (Å²) in [7, 11) is 0. The van der Waals surface area contributed by atoms with Crippen molar-refractivity contribution in [3.63, 3.8) is 0 Å². The van der Waals surface area contributed by atoms with Crippen LogP contribution < -0.4 is 10.6 Å². The van der Waals surface area contributed by atoms with Gasteiger partial charge in [0.25, 0.3) is 0 Å². The van der Waals surface area contributed by atoms with Crippen molar-refractivity contribution in [3.05, 3.63) is 71.6 Å². The topological polar surface area (TPSA) is 81.4 Å². The maximum absolute atomic E-state index is 4.76. The second-order valence-electron chi connectivity index (χ2n) is 10.5. The molecule has 4 atom stereocenters. The van der Waals surface area contributed by atoms with Crippen molar-refractivity contribution in [3.8, 4) is 33.6 Å². The lowest BCUT2D eigenvalue weighted by Crippen LogP contribution is -2.13. The minimum absolute atomic E-state index is 0.281. The van der Waals surface area contributed by atoms with Crippen molar-refractivity contribution in [1.29, 1.82) is 0 Å². The summed E-state index contributed by atoms with van der Waals surface area (Å²) in [5.41, 5.74) is 10.7. The van der Waals surface area contributed by atoms with E-state index in [0.29, 0.717) is 11.8 Å². The van der Waals surface area contributed by atoms with E-state index >= 15 is 0 Å². The number of rotatable bonds is 5. The lowest BCUT2D eigenvalue weighted by Gasteiger charge is -2.22. The van der Waals surface area contributed by atoms with E-state index in [-0.39, 0.29) is 10.7 Å². The van der Waals surface area contributed by atoms with E-state index in [2.05, 4.69) is 62.0 Å². The summed E-state index contributed by atoms with van der Waals surface area (Å²) in [5.74, 6) is 5.71. The lowest BCUT2D eigenvalue weighted by molar-refractivity contribution is 0.716. The third-order valence-electron chi connectivity index (χ3n) is 8.45. The highest BCUT2D eigenvalue weighted by Crippen LogP contribution is 2.58. The SMILES string of the molecule is c1cc(-c2ccc(-c3cnc(C4NCCS4)[nH]3)c3c2C2CCC3C2)ccc1-c1cnc(C2NCCS2)[nH]1. The highest BCUT2D eigenvalue weighted by Gasteiger charge is 2.40. The van der Waals surface area contributed by atoms with Gasteiger partial charge in [-0.3, -0.25) is 10.6 Å². The summed E-state index contributed by atoms with van der Waals surface area (Å²) >= 11 is 3.85. The first-order valence-corrected chi connectivity index (χ1v) is 15.5. The molecule has 6 nitrogen and oxygen atoms in total. The van der Waals surface area contributed by atoms with Gasteiger partial charge in [-0.15, -0.1) is 23.5 Å². The molecule has 37 heavy (non-hydrogen) atoms. The number of nitrogens with zero attached hydrogens (tertiary/aromatic N) is 2. The second-order valence-corrected chi connectivity index (χ2v) is 13.0. The predicted molar refractivity (Wildman–Crippen MR) is 153 cm³/mol. The van der Waals surface area contributed by atoms with E-state index < -0.39 is 0 Å². The number of aromatic nitrogens is 4. The van der Waals surface area contributed by atoms with E-state index in [1.807, 2.05) is 35.9 Å². The Kier molecular flexibility index (Phi) is 5.49. The van der Waals surface area contributed by atoms with Crippen LogP contribution in [0.5, 0.6) is 0 Å². The molecule has 2 bridgehead atoms. The van der Waals surface area contributed by atoms with Gasteiger partial charge in [-0.2, -0.15) is 0 Å². The summed E-state index contributed by atoms with van der Waals surface area (Å²) in [6.07, 6.45) is 7.93. The highest BCUT2D eigenvalue weighted by atomic mass is 32.2. The number of hydrogen-bond donors (Lipinski definition) is 4. The summed E-state index contributed by atoms with van der Waals surface area (Å²) in [6, 6.07) is 13.7. The standard InChI is InChI=1S/C29H30N6S2/c1-3-17(22-14-32-26(34-22)28-30-9-11-36-28)4-2-16(1)20-7-8-21(25-19-6-5-18(13-19)24(20)25)23-15-33-27(35-23)29-31-10-12-37-29/h1-4,7-8,14-15,18-19,28-31H,5-6,9-13H2,(H,32,34)(H,33,35). The van der Waals surface area contributed by atoms with Crippen molar-refractivity contribution in [2.24, 2.45) is 0 Å². The minimum atomic E-state index is 0.281. The molecule has 4 aromatic rings. The first kappa shape index (κ1) is 22.5. The zero-order chi connectivity index (χ0) is 24.3. The molecule has 4 unspecified atom stereocenters. The number of benzene rings is 2. The fraction of sp³-hybridized carbons (Fsp3) is 0.379. The Morgan fingerprint density at radius 3 is 1.86 bits per heavy atom. The average molecular weight is 527 g/mol. The Bertz CT molecular complexity index is 1450. The molecule has 2 aliphatic heterocycles. The van der Waals surface area contributed by atoms with Crippen LogP contribution in [0.4, 0.5) is 0 Å². The van der Waals surface area contributed by atoms with Gasteiger partial charge in [-0.25, -0.2) is 9.97 Å². The molecule has 0 amide bonds. The number of H-pyrrole nitrogens is 2. The number of thioether (sulfide) groups is 2. The molecule has 2 saturated heterocycles. The van der Waals surface area contributed by atoms with Crippen LogP contribution in [0.25, 0.3) is 33.6 Å². The molecule has 2 aliphatic carbocycles. The zero-order valence-electron chi connectivity index (χ0n) is 20.6. The Balaban J connectivity index is 1.13. The Labute approximate surface area is 225 Å². The Morgan fingerprint density at radius 2 is 1.22 bits per heavy atom. The molecular weight excluding hydrogens is 496 g/mol. The van der Waals surface area contributed by atoms with Crippen molar-refractivity contribution in [2.45, 2.75) is 41.8 Å². The van der Waals surface area contributed by atoms with Gasteiger partial charge in [0, 0.05) is 30.2 Å². The van der Waals surface area contributed by atoms with Gasteiger partial charge in [0.2, 0.25) is 0 Å². The fourth-order valence-electron chi connectivity index (χ4n) is 6.76. The zero-order valence-corrected chi connectivity index (χ0v) is 22.2. The molecule has 0 radical (unpaired) electrons. The monoisotopic (exact) mass is 526 g/mol. The first-order chi connectivity index (χ1) is 18.3. The van der Waals surface area contributed by atoms with Gasteiger partial charge in [-0.1, -0.05) is 36.4 Å². The van der Waals surface area contributed by atoms with Crippen molar-refractivity contribution < 1.29 is 0 Å². The van der Waals surface area contributed by atoms with Crippen LogP contribution in [-0.4, -0.2) is 44.5 Å². The van der Waals surface area contributed by atoms with E-state index in [9.17, 15) is 0 Å².